The third-order valence-corrected chi connectivity index (χ3v) is 6.01. The fourth-order valence-corrected chi connectivity index (χ4v) is 4.50. The zero-order valence-electron chi connectivity index (χ0n) is 14.1. The molecule has 4 aromatic rings. The number of fused-ring (bicyclic) bond motifs is 4. The molecule has 4 heteroatoms. The SMILES string of the molecule is O=C(Oc1ccc2ccc3ccccc3c2c1)N1CCc2sccc2C1. The normalized spacial score (nSPS) is 13.8. The lowest BCUT2D eigenvalue weighted by molar-refractivity contribution is 0.147. The van der Waals surface area contributed by atoms with Crippen LogP contribution in [-0.2, 0) is 13.0 Å². The van der Waals surface area contributed by atoms with Crippen LogP contribution in [0.25, 0.3) is 21.5 Å². The second kappa shape index (κ2) is 6.15. The van der Waals surface area contributed by atoms with Crippen LogP contribution >= 0.6 is 11.3 Å². The molecular formula is C22H17NO2S. The van der Waals surface area contributed by atoms with Crippen LogP contribution in [-0.4, -0.2) is 17.5 Å². The van der Waals surface area contributed by atoms with Crippen molar-refractivity contribution >= 4 is 39.0 Å². The number of benzene rings is 3. The van der Waals surface area contributed by atoms with E-state index in [1.165, 1.54) is 21.2 Å². The van der Waals surface area contributed by atoms with E-state index in [0.29, 0.717) is 18.8 Å². The Balaban J connectivity index is 1.44. The van der Waals surface area contributed by atoms with E-state index in [-0.39, 0.29) is 6.09 Å². The van der Waals surface area contributed by atoms with Gasteiger partial charge < -0.3 is 9.64 Å². The van der Waals surface area contributed by atoms with E-state index < -0.39 is 0 Å². The van der Waals surface area contributed by atoms with Crippen LogP contribution in [0.4, 0.5) is 4.79 Å². The van der Waals surface area contributed by atoms with E-state index in [1.807, 2.05) is 30.3 Å². The molecule has 0 N–H and O–H groups in total. The van der Waals surface area contributed by atoms with E-state index in [0.717, 1.165) is 17.2 Å². The third-order valence-electron chi connectivity index (χ3n) is 4.99. The maximum atomic E-state index is 12.6. The molecule has 0 fully saturated rings. The van der Waals surface area contributed by atoms with Crippen LogP contribution < -0.4 is 4.74 Å². The highest BCUT2D eigenvalue weighted by Gasteiger charge is 2.23. The maximum absolute atomic E-state index is 12.6. The number of rotatable bonds is 1. The molecule has 1 aromatic heterocycles. The summed E-state index contributed by atoms with van der Waals surface area (Å²) in [5.41, 5.74) is 1.24. The quantitative estimate of drug-likeness (QED) is 0.413. The molecule has 2 heterocycles. The first-order valence-electron chi connectivity index (χ1n) is 8.71. The van der Waals surface area contributed by atoms with Crippen LogP contribution in [0.15, 0.2) is 66.0 Å². The van der Waals surface area contributed by atoms with Crippen molar-refractivity contribution in [3.63, 3.8) is 0 Å². The Morgan fingerprint density at radius 1 is 0.962 bits per heavy atom. The summed E-state index contributed by atoms with van der Waals surface area (Å²) in [4.78, 5) is 15.8. The number of carbonyl (C=O) groups is 1. The van der Waals surface area contributed by atoms with Crippen LogP contribution in [0, 0.1) is 0 Å². The van der Waals surface area contributed by atoms with Crippen molar-refractivity contribution in [1.82, 2.24) is 4.90 Å². The summed E-state index contributed by atoms with van der Waals surface area (Å²) in [6, 6.07) is 20.4. The topological polar surface area (TPSA) is 29.5 Å². The average molecular weight is 359 g/mol. The van der Waals surface area contributed by atoms with Gasteiger partial charge in [0.05, 0.1) is 6.54 Å². The van der Waals surface area contributed by atoms with Gasteiger partial charge in [-0.3, -0.25) is 0 Å². The van der Waals surface area contributed by atoms with Gasteiger partial charge in [0.25, 0.3) is 0 Å². The minimum Gasteiger partial charge on any atom is -0.410 e. The summed E-state index contributed by atoms with van der Waals surface area (Å²) >= 11 is 1.77. The molecule has 0 atom stereocenters. The smallest absolute Gasteiger partial charge is 0.410 e. The van der Waals surface area contributed by atoms with Crippen molar-refractivity contribution in [2.45, 2.75) is 13.0 Å². The van der Waals surface area contributed by atoms with Gasteiger partial charge in [-0.15, -0.1) is 11.3 Å². The van der Waals surface area contributed by atoms with Gasteiger partial charge in [-0.25, -0.2) is 4.79 Å². The first-order chi connectivity index (χ1) is 12.8. The van der Waals surface area contributed by atoms with Crippen LogP contribution in [0.2, 0.25) is 0 Å². The fourth-order valence-electron chi connectivity index (χ4n) is 3.61. The molecule has 0 spiro atoms. The van der Waals surface area contributed by atoms with Crippen LogP contribution in [0.3, 0.4) is 0 Å². The van der Waals surface area contributed by atoms with E-state index >= 15 is 0 Å². The Morgan fingerprint density at radius 2 is 1.77 bits per heavy atom. The molecule has 0 radical (unpaired) electrons. The zero-order chi connectivity index (χ0) is 17.5. The van der Waals surface area contributed by atoms with Gasteiger partial charge in [0.15, 0.2) is 0 Å². The number of ether oxygens (including phenoxy) is 1. The Kier molecular flexibility index (Phi) is 3.64. The summed E-state index contributed by atoms with van der Waals surface area (Å²) < 4.78 is 5.69. The minimum atomic E-state index is -0.276. The first kappa shape index (κ1) is 15.4. The van der Waals surface area contributed by atoms with Crippen molar-refractivity contribution < 1.29 is 9.53 Å². The third kappa shape index (κ3) is 2.63. The fraction of sp³-hybridized carbons (Fsp3) is 0.136. The second-order valence-corrected chi connectivity index (χ2v) is 7.58. The molecule has 0 bridgehead atoms. The summed E-state index contributed by atoms with van der Waals surface area (Å²) in [5, 5.41) is 6.69. The predicted octanol–water partition coefficient (Wildman–Crippen LogP) is 5.61. The molecule has 0 unspecified atom stereocenters. The molecule has 1 aliphatic heterocycles. The average Bonchev–Trinajstić information content (AvgIpc) is 3.15. The van der Waals surface area contributed by atoms with Crippen molar-refractivity contribution in [1.29, 1.82) is 0 Å². The van der Waals surface area contributed by atoms with Gasteiger partial charge in [0, 0.05) is 11.4 Å². The Hall–Kier alpha value is -2.85. The highest BCUT2D eigenvalue weighted by atomic mass is 32.1. The molecule has 26 heavy (non-hydrogen) atoms. The lowest BCUT2D eigenvalue weighted by atomic mass is 10.0. The molecule has 1 amide bonds. The number of thiophene rings is 1. The molecule has 0 saturated heterocycles. The van der Waals surface area contributed by atoms with E-state index in [4.69, 9.17) is 4.74 Å². The Labute approximate surface area is 155 Å². The summed E-state index contributed by atoms with van der Waals surface area (Å²) in [7, 11) is 0. The molecule has 5 rings (SSSR count). The number of nitrogens with zero attached hydrogens (tertiary/aromatic N) is 1. The summed E-state index contributed by atoms with van der Waals surface area (Å²) in [6.45, 7) is 1.34. The Bertz CT molecular complexity index is 1130. The molecular weight excluding hydrogens is 342 g/mol. The monoisotopic (exact) mass is 359 g/mol. The minimum absolute atomic E-state index is 0.276. The van der Waals surface area contributed by atoms with Crippen molar-refractivity contribution in [3.05, 3.63) is 76.5 Å². The zero-order valence-corrected chi connectivity index (χ0v) is 15.0. The van der Waals surface area contributed by atoms with Gasteiger partial charge >= 0.3 is 6.09 Å². The molecule has 1 aliphatic rings. The van der Waals surface area contributed by atoms with Gasteiger partial charge in [-0.1, -0.05) is 42.5 Å². The predicted molar refractivity (Wildman–Crippen MR) is 106 cm³/mol. The Morgan fingerprint density at radius 3 is 2.69 bits per heavy atom. The van der Waals surface area contributed by atoms with E-state index in [1.54, 1.807) is 16.2 Å². The highest BCUT2D eigenvalue weighted by Crippen LogP contribution is 2.29. The number of amides is 1. The molecule has 3 aromatic carbocycles. The van der Waals surface area contributed by atoms with Crippen molar-refractivity contribution in [3.8, 4) is 5.75 Å². The van der Waals surface area contributed by atoms with Crippen LogP contribution in [0.1, 0.15) is 10.4 Å². The van der Waals surface area contributed by atoms with E-state index in [9.17, 15) is 4.79 Å². The first-order valence-corrected chi connectivity index (χ1v) is 9.59. The summed E-state index contributed by atoms with van der Waals surface area (Å²) in [6.07, 6.45) is 0.631. The largest absolute Gasteiger partial charge is 0.415 e. The van der Waals surface area contributed by atoms with Crippen molar-refractivity contribution in [2.75, 3.05) is 6.54 Å². The molecule has 0 aliphatic carbocycles. The van der Waals surface area contributed by atoms with Gasteiger partial charge in [-0.2, -0.15) is 0 Å². The van der Waals surface area contributed by atoms with E-state index in [2.05, 4.69) is 35.7 Å². The van der Waals surface area contributed by atoms with Gasteiger partial charge in [0.1, 0.15) is 5.75 Å². The van der Waals surface area contributed by atoms with Crippen LogP contribution in [0.5, 0.6) is 5.75 Å². The number of hydrogen-bond acceptors (Lipinski definition) is 3. The number of carbonyl (C=O) groups excluding carboxylic acids is 1. The second-order valence-electron chi connectivity index (χ2n) is 6.58. The number of hydrogen-bond donors (Lipinski definition) is 0. The standard InChI is InChI=1S/C22H17NO2S/c24-22(23-11-9-21-17(14-23)10-12-26-21)25-18-8-7-16-6-5-15-3-1-2-4-19(15)20(16)13-18/h1-8,10,12-13H,9,11,14H2. The van der Waals surface area contributed by atoms with Gasteiger partial charge in [0.2, 0.25) is 0 Å². The molecule has 128 valence electrons. The molecule has 3 nitrogen and oxygen atoms in total. The maximum Gasteiger partial charge on any atom is 0.415 e. The van der Waals surface area contributed by atoms with Gasteiger partial charge in [-0.05, 0) is 57.1 Å². The lowest BCUT2D eigenvalue weighted by Gasteiger charge is -2.26. The highest BCUT2D eigenvalue weighted by molar-refractivity contribution is 7.10. The molecule has 0 saturated carbocycles. The lowest BCUT2D eigenvalue weighted by Crippen LogP contribution is -2.37. The summed E-state index contributed by atoms with van der Waals surface area (Å²) in [5.74, 6) is 0.593. The van der Waals surface area contributed by atoms with Crippen molar-refractivity contribution in [2.24, 2.45) is 0 Å².